The highest BCUT2D eigenvalue weighted by Gasteiger charge is 2.42. The number of pyridine rings is 1. The van der Waals surface area contributed by atoms with Gasteiger partial charge in [-0.15, -0.1) is 0 Å². The largest absolute Gasteiger partial charge is 0.456 e. The third-order valence-electron chi connectivity index (χ3n) is 5.13. The summed E-state index contributed by atoms with van der Waals surface area (Å²) in [6, 6.07) is 3.61. The Labute approximate surface area is 155 Å². The minimum Gasteiger partial charge on any atom is -0.456 e. The molecule has 0 saturated carbocycles. The molecule has 142 valence electrons. The molecule has 1 aromatic heterocycles. The summed E-state index contributed by atoms with van der Waals surface area (Å²) in [6.07, 6.45) is 6.55. The highest BCUT2D eigenvalue weighted by molar-refractivity contribution is 5.89. The zero-order chi connectivity index (χ0) is 18.8. The Morgan fingerprint density at radius 2 is 2.00 bits per heavy atom. The van der Waals surface area contributed by atoms with E-state index in [2.05, 4.69) is 15.2 Å². The molecule has 26 heavy (non-hydrogen) atoms. The van der Waals surface area contributed by atoms with E-state index in [-0.39, 0.29) is 17.3 Å². The summed E-state index contributed by atoms with van der Waals surface area (Å²) in [6.45, 7) is 7.89. The zero-order valence-corrected chi connectivity index (χ0v) is 16.0. The molecule has 2 fully saturated rings. The molecule has 0 aliphatic carbocycles. The lowest BCUT2D eigenvalue weighted by molar-refractivity contribution is -0.131. The second-order valence-electron chi connectivity index (χ2n) is 8.43. The van der Waals surface area contributed by atoms with Crippen molar-refractivity contribution >= 4 is 17.7 Å². The maximum absolute atomic E-state index is 12.6. The average molecular weight is 359 g/mol. The average Bonchev–Trinajstić information content (AvgIpc) is 2.76. The van der Waals surface area contributed by atoms with Crippen molar-refractivity contribution in [1.82, 2.24) is 10.3 Å². The molecule has 0 radical (unpaired) electrons. The minimum absolute atomic E-state index is 0.185. The van der Waals surface area contributed by atoms with Crippen LogP contribution in [0.2, 0.25) is 0 Å². The number of carbonyl (C=O) groups is 2. The molecule has 2 aliphatic rings. The van der Waals surface area contributed by atoms with Crippen LogP contribution >= 0.6 is 0 Å². The van der Waals surface area contributed by atoms with Gasteiger partial charge in [-0.1, -0.05) is 6.42 Å². The van der Waals surface area contributed by atoms with Gasteiger partial charge >= 0.3 is 5.97 Å². The minimum atomic E-state index is -0.526. The first-order chi connectivity index (χ1) is 12.3. The smallest absolute Gasteiger partial charge is 0.340 e. The summed E-state index contributed by atoms with van der Waals surface area (Å²) in [5.41, 5.74) is -0.384. The van der Waals surface area contributed by atoms with Crippen LogP contribution < -0.4 is 10.2 Å². The summed E-state index contributed by atoms with van der Waals surface area (Å²) in [4.78, 5) is 31.4. The lowest BCUT2D eigenvalue weighted by atomic mass is 9.75. The second-order valence-corrected chi connectivity index (χ2v) is 8.43. The van der Waals surface area contributed by atoms with E-state index in [1.807, 2.05) is 26.8 Å². The number of esters is 1. The van der Waals surface area contributed by atoms with Crippen molar-refractivity contribution in [2.75, 3.05) is 24.5 Å². The molecular formula is C20H29N3O3. The molecule has 0 aromatic carbocycles. The van der Waals surface area contributed by atoms with Gasteiger partial charge in [-0.05, 0) is 58.6 Å². The molecule has 6 nitrogen and oxygen atoms in total. The van der Waals surface area contributed by atoms with E-state index in [1.165, 1.54) is 0 Å². The van der Waals surface area contributed by atoms with Crippen LogP contribution in [0.25, 0.3) is 0 Å². The number of nitrogens with one attached hydrogen (secondary N) is 1. The first kappa shape index (κ1) is 18.7. The Kier molecular flexibility index (Phi) is 5.21. The molecule has 1 amide bonds. The van der Waals surface area contributed by atoms with E-state index in [0.29, 0.717) is 12.1 Å². The number of piperidine rings is 1. The van der Waals surface area contributed by atoms with Crippen LogP contribution in [-0.4, -0.2) is 42.1 Å². The third-order valence-corrected chi connectivity index (χ3v) is 5.13. The van der Waals surface area contributed by atoms with Gasteiger partial charge in [-0.3, -0.25) is 4.79 Å². The van der Waals surface area contributed by atoms with Crippen molar-refractivity contribution < 1.29 is 14.3 Å². The molecule has 1 aromatic rings. The standard InChI is InChI=1S/C20H29N3O3/c1-19(2,3)26-17(24)15-7-8-16(22-13-15)23-12-6-10-20(14-23)9-4-5-11-21-18(20)25/h7-8,13H,4-6,9-12,14H2,1-3H3,(H,21,25). The maximum atomic E-state index is 12.6. The van der Waals surface area contributed by atoms with Crippen LogP contribution in [0.3, 0.4) is 0 Å². The molecule has 1 spiro atoms. The normalized spacial score (nSPS) is 24.1. The van der Waals surface area contributed by atoms with Crippen molar-refractivity contribution in [3.05, 3.63) is 23.9 Å². The number of anilines is 1. The van der Waals surface area contributed by atoms with Crippen molar-refractivity contribution in [2.45, 2.75) is 58.5 Å². The van der Waals surface area contributed by atoms with Gasteiger partial charge in [0.2, 0.25) is 5.91 Å². The van der Waals surface area contributed by atoms with E-state index >= 15 is 0 Å². The molecule has 1 N–H and O–H groups in total. The number of hydrogen-bond acceptors (Lipinski definition) is 5. The predicted octanol–water partition coefficient (Wildman–Crippen LogP) is 2.92. The van der Waals surface area contributed by atoms with Gasteiger partial charge in [-0.2, -0.15) is 0 Å². The van der Waals surface area contributed by atoms with E-state index in [4.69, 9.17) is 4.74 Å². The maximum Gasteiger partial charge on any atom is 0.340 e. The molecule has 3 rings (SSSR count). The Morgan fingerprint density at radius 1 is 1.23 bits per heavy atom. The van der Waals surface area contributed by atoms with Gasteiger partial charge in [0.05, 0.1) is 11.0 Å². The van der Waals surface area contributed by atoms with Crippen LogP contribution in [0.4, 0.5) is 5.82 Å². The van der Waals surface area contributed by atoms with E-state index in [9.17, 15) is 9.59 Å². The molecule has 3 heterocycles. The fraction of sp³-hybridized carbons (Fsp3) is 0.650. The van der Waals surface area contributed by atoms with Crippen LogP contribution in [0.15, 0.2) is 18.3 Å². The van der Waals surface area contributed by atoms with Crippen molar-refractivity contribution in [2.24, 2.45) is 5.41 Å². The Balaban J connectivity index is 1.72. The summed E-state index contributed by atoms with van der Waals surface area (Å²) in [5.74, 6) is 0.633. The summed E-state index contributed by atoms with van der Waals surface area (Å²) in [5, 5.41) is 3.08. The summed E-state index contributed by atoms with van der Waals surface area (Å²) < 4.78 is 5.38. The molecule has 1 unspecified atom stereocenters. The number of aromatic nitrogens is 1. The highest BCUT2D eigenvalue weighted by Crippen LogP contribution is 2.38. The number of hydrogen-bond donors (Lipinski definition) is 1. The fourth-order valence-corrected chi connectivity index (χ4v) is 3.84. The van der Waals surface area contributed by atoms with Crippen LogP contribution in [-0.2, 0) is 9.53 Å². The van der Waals surface area contributed by atoms with Crippen molar-refractivity contribution in [1.29, 1.82) is 0 Å². The topological polar surface area (TPSA) is 71.5 Å². The van der Waals surface area contributed by atoms with Gasteiger partial charge < -0.3 is 15.0 Å². The van der Waals surface area contributed by atoms with Gasteiger partial charge in [0.15, 0.2) is 0 Å². The fourth-order valence-electron chi connectivity index (χ4n) is 3.84. The first-order valence-electron chi connectivity index (χ1n) is 9.52. The van der Waals surface area contributed by atoms with Gasteiger partial charge in [-0.25, -0.2) is 9.78 Å². The second kappa shape index (κ2) is 7.25. The number of amides is 1. The van der Waals surface area contributed by atoms with E-state index in [0.717, 1.165) is 51.0 Å². The quantitative estimate of drug-likeness (QED) is 0.822. The monoisotopic (exact) mass is 359 g/mol. The van der Waals surface area contributed by atoms with Gasteiger partial charge in [0.25, 0.3) is 0 Å². The Morgan fingerprint density at radius 3 is 2.69 bits per heavy atom. The lowest BCUT2D eigenvalue weighted by Crippen LogP contribution is -2.51. The Bertz CT molecular complexity index is 666. The molecule has 6 heteroatoms. The Hall–Kier alpha value is -2.11. The number of ether oxygens (including phenoxy) is 1. The highest BCUT2D eigenvalue weighted by atomic mass is 16.6. The third kappa shape index (κ3) is 4.17. The number of nitrogens with zero attached hydrogens (tertiary/aromatic N) is 2. The lowest BCUT2D eigenvalue weighted by Gasteiger charge is -2.41. The molecule has 0 bridgehead atoms. The zero-order valence-electron chi connectivity index (χ0n) is 16.0. The van der Waals surface area contributed by atoms with Gasteiger partial charge in [0, 0.05) is 25.8 Å². The predicted molar refractivity (Wildman–Crippen MR) is 100 cm³/mol. The number of rotatable bonds is 2. The summed E-state index contributed by atoms with van der Waals surface area (Å²) in [7, 11) is 0. The summed E-state index contributed by atoms with van der Waals surface area (Å²) >= 11 is 0. The molecule has 1 atom stereocenters. The van der Waals surface area contributed by atoms with Crippen molar-refractivity contribution in [3.8, 4) is 0 Å². The SMILES string of the molecule is CC(C)(C)OC(=O)c1ccc(N2CCCC3(CCCCNC3=O)C2)nc1. The van der Waals surface area contributed by atoms with E-state index < -0.39 is 5.60 Å². The molecular weight excluding hydrogens is 330 g/mol. The van der Waals surface area contributed by atoms with Gasteiger partial charge in [0.1, 0.15) is 11.4 Å². The van der Waals surface area contributed by atoms with Crippen molar-refractivity contribution in [3.63, 3.8) is 0 Å². The first-order valence-corrected chi connectivity index (χ1v) is 9.52. The van der Waals surface area contributed by atoms with Crippen LogP contribution in [0, 0.1) is 5.41 Å². The number of carbonyl (C=O) groups excluding carboxylic acids is 2. The van der Waals surface area contributed by atoms with Crippen LogP contribution in [0.5, 0.6) is 0 Å². The molecule has 2 saturated heterocycles. The van der Waals surface area contributed by atoms with E-state index in [1.54, 1.807) is 12.3 Å². The molecule has 2 aliphatic heterocycles. The van der Waals surface area contributed by atoms with Crippen LogP contribution in [0.1, 0.15) is 63.2 Å².